The van der Waals surface area contributed by atoms with Gasteiger partial charge in [-0.2, -0.15) is 0 Å². The van der Waals surface area contributed by atoms with Crippen molar-refractivity contribution in [1.82, 2.24) is 15.0 Å². The summed E-state index contributed by atoms with van der Waals surface area (Å²) in [4.78, 5) is 30.5. The van der Waals surface area contributed by atoms with Gasteiger partial charge in [0.1, 0.15) is 6.54 Å². The predicted molar refractivity (Wildman–Crippen MR) is 102 cm³/mol. The maximum atomic E-state index is 13.3. The summed E-state index contributed by atoms with van der Waals surface area (Å²) < 4.78 is 10.5. The zero-order valence-electron chi connectivity index (χ0n) is 16.8. The summed E-state index contributed by atoms with van der Waals surface area (Å²) in [6, 6.07) is 1.79. The molecule has 2 aromatic heterocycles. The highest BCUT2D eigenvalue weighted by molar-refractivity contribution is 6.06. The summed E-state index contributed by atoms with van der Waals surface area (Å²) in [5, 5.41) is 14.0. The third-order valence-corrected chi connectivity index (χ3v) is 4.64. The van der Waals surface area contributed by atoms with Gasteiger partial charge in [0.25, 0.3) is 11.6 Å². The lowest BCUT2D eigenvalue weighted by atomic mass is 9.89. The van der Waals surface area contributed by atoms with Crippen molar-refractivity contribution in [2.45, 2.75) is 46.0 Å². The lowest BCUT2D eigenvalue weighted by Crippen LogP contribution is -2.38. The smallest absolute Gasteiger partial charge is 0.323 e. The number of carbonyl (C=O) groups is 2. The molecular formula is C20H27N3O5. The van der Waals surface area contributed by atoms with E-state index in [1.165, 1.54) is 12.0 Å². The van der Waals surface area contributed by atoms with Crippen molar-refractivity contribution in [3.8, 4) is 0 Å². The number of rotatable bonds is 8. The molecule has 8 nitrogen and oxygen atoms in total. The number of hydrogen-bond donors (Lipinski definition) is 1. The molecule has 28 heavy (non-hydrogen) atoms. The van der Waals surface area contributed by atoms with E-state index in [1.54, 1.807) is 6.07 Å². The van der Waals surface area contributed by atoms with Crippen LogP contribution >= 0.6 is 0 Å². The summed E-state index contributed by atoms with van der Waals surface area (Å²) in [5.41, 5.74) is 2.16. The number of amides is 1. The first kappa shape index (κ1) is 20.3. The molecule has 3 rings (SSSR count). The Morgan fingerprint density at radius 1 is 1.36 bits per heavy atom. The Kier molecular flexibility index (Phi) is 5.69. The van der Waals surface area contributed by atoms with E-state index in [2.05, 4.69) is 30.9 Å². The summed E-state index contributed by atoms with van der Waals surface area (Å²) in [6.07, 6.45) is 2.66. The first-order valence-corrected chi connectivity index (χ1v) is 9.49. The third-order valence-electron chi connectivity index (χ3n) is 4.64. The normalized spacial score (nSPS) is 14.4. The molecule has 0 spiro atoms. The van der Waals surface area contributed by atoms with Crippen molar-refractivity contribution in [2.75, 3.05) is 26.8 Å². The number of carboxylic acids is 1. The fraction of sp³-hybridized carbons (Fsp3) is 0.600. The van der Waals surface area contributed by atoms with E-state index in [9.17, 15) is 14.7 Å². The molecule has 1 fully saturated rings. The van der Waals surface area contributed by atoms with Crippen LogP contribution in [0.25, 0.3) is 11.1 Å². The Hall–Kier alpha value is -2.48. The first-order valence-electron chi connectivity index (χ1n) is 9.49. The maximum Gasteiger partial charge on any atom is 0.323 e. The van der Waals surface area contributed by atoms with Crippen molar-refractivity contribution in [3.63, 3.8) is 0 Å². The Morgan fingerprint density at radius 3 is 2.64 bits per heavy atom. The van der Waals surface area contributed by atoms with E-state index in [0.29, 0.717) is 34.7 Å². The molecule has 2 heterocycles. The molecule has 0 unspecified atom stereocenters. The van der Waals surface area contributed by atoms with Gasteiger partial charge in [0.15, 0.2) is 0 Å². The van der Waals surface area contributed by atoms with Crippen molar-refractivity contribution in [1.29, 1.82) is 0 Å². The monoisotopic (exact) mass is 389 g/mol. The number of aliphatic carboxylic acids is 1. The van der Waals surface area contributed by atoms with Gasteiger partial charge in [0.2, 0.25) is 0 Å². The van der Waals surface area contributed by atoms with Gasteiger partial charge in [0, 0.05) is 25.3 Å². The van der Waals surface area contributed by atoms with Crippen molar-refractivity contribution in [3.05, 3.63) is 23.0 Å². The number of methoxy groups -OCH3 is 1. The summed E-state index contributed by atoms with van der Waals surface area (Å²) in [7, 11) is 1.51. The number of carbonyl (C=O) groups excluding carboxylic acids is 1. The molecule has 8 heteroatoms. The molecule has 1 amide bonds. The number of nitrogens with zero attached hydrogens (tertiary/aromatic N) is 3. The highest BCUT2D eigenvalue weighted by atomic mass is 16.5. The maximum absolute atomic E-state index is 13.3. The SMILES string of the molecule is COCCN(CC(=O)O)C(=O)c1cc(C2CC2)nc2onc(CC(C)(C)C)c12. The fourth-order valence-corrected chi connectivity index (χ4v) is 3.20. The van der Waals surface area contributed by atoms with Crippen LogP contribution in [0.1, 0.15) is 61.3 Å². The minimum absolute atomic E-state index is 0.0594. The highest BCUT2D eigenvalue weighted by Crippen LogP contribution is 2.41. The van der Waals surface area contributed by atoms with Crippen LogP contribution in [-0.4, -0.2) is 58.8 Å². The number of ether oxygens (including phenoxy) is 1. The molecule has 0 aromatic carbocycles. The minimum Gasteiger partial charge on any atom is -0.480 e. The molecule has 0 atom stereocenters. The van der Waals surface area contributed by atoms with Gasteiger partial charge < -0.3 is 19.3 Å². The molecule has 0 radical (unpaired) electrons. The Labute approximate surface area is 163 Å². The quantitative estimate of drug-likeness (QED) is 0.740. The predicted octanol–water partition coefficient (Wildman–Crippen LogP) is 2.86. The molecule has 0 bridgehead atoms. The second-order valence-corrected chi connectivity index (χ2v) is 8.53. The average molecular weight is 389 g/mol. The fourth-order valence-electron chi connectivity index (χ4n) is 3.20. The van der Waals surface area contributed by atoms with Gasteiger partial charge in [-0.1, -0.05) is 25.9 Å². The standard InChI is InChI=1S/C20H27N3O5/c1-20(2,3)10-15-17-13(19(26)23(7-8-27-4)11-16(24)25)9-14(12-5-6-12)21-18(17)28-22-15/h9,12H,5-8,10-11H2,1-4H3,(H,24,25). The third kappa shape index (κ3) is 4.67. The molecule has 0 aliphatic heterocycles. The van der Waals surface area contributed by atoms with E-state index in [1.807, 2.05) is 0 Å². The number of fused-ring (bicyclic) bond motifs is 1. The van der Waals surface area contributed by atoms with Crippen LogP contribution in [0.4, 0.5) is 0 Å². The number of carboxylic acid groups (broad SMARTS) is 1. The van der Waals surface area contributed by atoms with E-state index < -0.39 is 12.5 Å². The van der Waals surface area contributed by atoms with Gasteiger partial charge in [-0.25, -0.2) is 4.98 Å². The van der Waals surface area contributed by atoms with E-state index >= 15 is 0 Å². The summed E-state index contributed by atoms with van der Waals surface area (Å²) >= 11 is 0. The molecule has 1 N–H and O–H groups in total. The molecule has 2 aromatic rings. The van der Waals surface area contributed by atoms with Crippen LogP contribution < -0.4 is 0 Å². The number of aromatic nitrogens is 2. The van der Waals surface area contributed by atoms with Gasteiger partial charge >= 0.3 is 5.97 Å². The highest BCUT2D eigenvalue weighted by Gasteiger charge is 2.31. The summed E-state index contributed by atoms with van der Waals surface area (Å²) in [5.74, 6) is -1.12. The molecule has 1 aliphatic carbocycles. The van der Waals surface area contributed by atoms with Gasteiger partial charge in [0.05, 0.1) is 23.3 Å². The number of pyridine rings is 1. The van der Waals surface area contributed by atoms with Crippen LogP contribution in [0.15, 0.2) is 10.6 Å². The van der Waals surface area contributed by atoms with Crippen LogP contribution in [0.2, 0.25) is 0 Å². The number of hydrogen-bond acceptors (Lipinski definition) is 6. The minimum atomic E-state index is -1.07. The largest absolute Gasteiger partial charge is 0.480 e. The van der Waals surface area contributed by atoms with Crippen LogP contribution in [-0.2, 0) is 16.0 Å². The molecule has 1 saturated carbocycles. The second-order valence-electron chi connectivity index (χ2n) is 8.53. The zero-order chi connectivity index (χ0) is 20.5. The van der Waals surface area contributed by atoms with E-state index in [0.717, 1.165) is 18.5 Å². The summed E-state index contributed by atoms with van der Waals surface area (Å²) in [6.45, 7) is 6.28. The van der Waals surface area contributed by atoms with E-state index in [-0.39, 0.29) is 24.5 Å². The lowest BCUT2D eigenvalue weighted by Gasteiger charge is -2.21. The topological polar surface area (TPSA) is 106 Å². The Morgan fingerprint density at radius 2 is 2.07 bits per heavy atom. The van der Waals surface area contributed by atoms with Crippen LogP contribution in [0.5, 0.6) is 0 Å². The zero-order valence-corrected chi connectivity index (χ0v) is 16.8. The average Bonchev–Trinajstić information content (AvgIpc) is 3.38. The molecule has 0 saturated heterocycles. The first-order chi connectivity index (χ1) is 13.2. The van der Waals surface area contributed by atoms with Crippen molar-refractivity contribution in [2.24, 2.45) is 5.41 Å². The second kappa shape index (κ2) is 7.87. The van der Waals surface area contributed by atoms with E-state index in [4.69, 9.17) is 9.26 Å². The Balaban J connectivity index is 2.08. The van der Waals surface area contributed by atoms with Gasteiger partial charge in [-0.3, -0.25) is 9.59 Å². The lowest BCUT2D eigenvalue weighted by molar-refractivity contribution is -0.137. The Bertz CT molecular complexity index is 880. The van der Waals surface area contributed by atoms with Crippen LogP contribution in [0.3, 0.4) is 0 Å². The van der Waals surface area contributed by atoms with Gasteiger partial charge in [-0.05, 0) is 30.7 Å². The van der Waals surface area contributed by atoms with Crippen LogP contribution in [0, 0.1) is 5.41 Å². The molecule has 152 valence electrons. The van der Waals surface area contributed by atoms with Crippen molar-refractivity contribution < 1.29 is 24.0 Å². The molecular weight excluding hydrogens is 362 g/mol. The molecule has 1 aliphatic rings. The van der Waals surface area contributed by atoms with Gasteiger partial charge in [-0.15, -0.1) is 0 Å². The van der Waals surface area contributed by atoms with Crippen molar-refractivity contribution >= 4 is 23.0 Å².